The number of anilines is 2. The van der Waals surface area contributed by atoms with Crippen LogP contribution in [-0.4, -0.2) is 29.4 Å². The van der Waals surface area contributed by atoms with E-state index in [1.54, 1.807) is 20.3 Å². The van der Waals surface area contributed by atoms with E-state index in [0.29, 0.717) is 22.5 Å². The lowest BCUT2D eigenvalue weighted by atomic mass is 10.2. The Morgan fingerprint density at radius 1 is 1.04 bits per heavy atom. The molecule has 0 saturated heterocycles. The minimum absolute atomic E-state index is 0.281. The van der Waals surface area contributed by atoms with E-state index >= 15 is 0 Å². The number of thiazole rings is 1. The van der Waals surface area contributed by atoms with E-state index in [-0.39, 0.29) is 6.01 Å². The fourth-order valence-corrected chi connectivity index (χ4v) is 3.27. The lowest BCUT2D eigenvalue weighted by Crippen LogP contribution is -1.90. The second kappa shape index (κ2) is 6.40. The molecule has 2 heterocycles. The minimum atomic E-state index is 0.281. The summed E-state index contributed by atoms with van der Waals surface area (Å²) in [6.07, 6.45) is 0. The molecular weight excluding hydrogens is 340 g/mol. The minimum Gasteiger partial charge on any atom is -0.497 e. The Morgan fingerprint density at radius 2 is 1.88 bits per heavy atom. The number of benzene rings is 2. The largest absolute Gasteiger partial charge is 0.497 e. The van der Waals surface area contributed by atoms with Gasteiger partial charge in [0.15, 0.2) is 5.13 Å². The number of aromatic nitrogens is 3. The van der Waals surface area contributed by atoms with Crippen LogP contribution in [0.15, 0.2) is 46.9 Å². The molecule has 0 radical (unpaired) electrons. The van der Waals surface area contributed by atoms with Crippen LogP contribution in [0.4, 0.5) is 11.1 Å². The smallest absolute Gasteiger partial charge is 0.322 e. The predicted octanol–water partition coefficient (Wildman–Crippen LogP) is 4.11. The molecule has 0 saturated carbocycles. The molecule has 8 heteroatoms. The summed E-state index contributed by atoms with van der Waals surface area (Å²) in [5, 5.41) is 11.7. The van der Waals surface area contributed by atoms with Gasteiger partial charge in [0, 0.05) is 11.6 Å². The summed E-state index contributed by atoms with van der Waals surface area (Å²) >= 11 is 1.45. The van der Waals surface area contributed by atoms with Gasteiger partial charge in [-0.25, -0.2) is 4.98 Å². The summed E-state index contributed by atoms with van der Waals surface area (Å²) in [4.78, 5) is 4.54. The molecule has 4 aromatic rings. The van der Waals surface area contributed by atoms with Gasteiger partial charge in [-0.15, -0.1) is 5.10 Å². The van der Waals surface area contributed by atoms with Crippen molar-refractivity contribution in [3.05, 3.63) is 42.5 Å². The predicted molar refractivity (Wildman–Crippen MR) is 95.7 cm³/mol. The van der Waals surface area contributed by atoms with Gasteiger partial charge < -0.3 is 13.9 Å². The highest BCUT2D eigenvalue weighted by atomic mass is 32.1. The molecule has 126 valence electrons. The molecular formula is C17H14N4O3S. The van der Waals surface area contributed by atoms with Gasteiger partial charge in [0.25, 0.3) is 0 Å². The van der Waals surface area contributed by atoms with E-state index in [1.165, 1.54) is 11.3 Å². The second-order valence-electron chi connectivity index (χ2n) is 5.10. The molecule has 0 spiro atoms. The van der Waals surface area contributed by atoms with Crippen molar-refractivity contribution < 1.29 is 13.9 Å². The molecule has 0 amide bonds. The number of fused-ring (bicyclic) bond motifs is 1. The Balaban J connectivity index is 1.64. The summed E-state index contributed by atoms with van der Waals surface area (Å²) in [7, 11) is 3.22. The first-order valence-electron chi connectivity index (χ1n) is 7.45. The maximum absolute atomic E-state index is 5.65. The van der Waals surface area contributed by atoms with E-state index in [1.807, 2.05) is 36.4 Å². The summed E-state index contributed by atoms with van der Waals surface area (Å²) in [5.74, 6) is 1.81. The van der Waals surface area contributed by atoms with E-state index in [0.717, 1.165) is 15.8 Å². The molecule has 1 N–H and O–H groups in total. The van der Waals surface area contributed by atoms with Crippen LogP contribution in [0.25, 0.3) is 21.7 Å². The number of methoxy groups -OCH3 is 2. The zero-order chi connectivity index (χ0) is 17.2. The molecule has 25 heavy (non-hydrogen) atoms. The lowest BCUT2D eigenvalue weighted by molar-refractivity contribution is 0.397. The third-order valence-corrected chi connectivity index (χ3v) is 4.47. The first-order chi connectivity index (χ1) is 12.3. The monoisotopic (exact) mass is 354 g/mol. The molecule has 0 bridgehead atoms. The zero-order valence-corrected chi connectivity index (χ0v) is 14.3. The van der Waals surface area contributed by atoms with Crippen LogP contribution in [0.2, 0.25) is 0 Å². The van der Waals surface area contributed by atoms with E-state index < -0.39 is 0 Å². The van der Waals surface area contributed by atoms with Gasteiger partial charge in [0.1, 0.15) is 17.0 Å². The quantitative estimate of drug-likeness (QED) is 0.577. The van der Waals surface area contributed by atoms with Gasteiger partial charge >= 0.3 is 6.01 Å². The average Bonchev–Trinajstić information content (AvgIpc) is 3.28. The molecule has 0 aliphatic heterocycles. The van der Waals surface area contributed by atoms with Gasteiger partial charge in [-0.2, -0.15) is 0 Å². The Hall–Kier alpha value is -3.13. The molecule has 0 atom stereocenters. The van der Waals surface area contributed by atoms with Crippen molar-refractivity contribution in [2.75, 3.05) is 19.5 Å². The highest BCUT2D eigenvalue weighted by Gasteiger charge is 2.14. The molecule has 0 aliphatic rings. The van der Waals surface area contributed by atoms with Gasteiger partial charge in [-0.3, -0.25) is 5.32 Å². The number of ether oxygens (including phenoxy) is 2. The van der Waals surface area contributed by atoms with Gasteiger partial charge in [0.2, 0.25) is 5.89 Å². The first kappa shape index (κ1) is 15.4. The Morgan fingerprint density at radius 3 is 2.64 bits per heavy atom. The van der Waals surface area contributed by atoms with Crippen LogP contribution < -0.4 is 14.8 Å². The standard InChI is InChI=1S/C17H14N4O3S/c1-22-11-8-12(23-2)14-13(9-11)25-17(18-14)19-16-21-20-15(24-16)10-6-4-3-5-7-10/h3-9H,1-2H3,(H,18,19,21). The van der Waals surface area contributed by atoms with Crippen molar-refractivity contribution in [2.24, 2.45) is 0 Å². The zero-order valence-electron chi connectivity index (χ0n) is 13.5. The topological polar surface area (TPSA) is 82.3 Å². The number of rotatable bonds is 5. The third kappa shape index (κ3) is 2.99. The van der Waals surface area contributed by atoms with Crippen LogP contribution >= 0.6 is 11.3 Å². The lowest BCUT2D eigenvalue weighted by Gasteiger charge is -2.03. The fourth-order valence-electron chi connectivity index (χ4n) is 2.36. The van der Waals surface area contributed by atoms with E-state index in [2.05, 4.69) is 20.5 Å². The van der Waals surface area contributed by atoms with E-state index in [9.17, 15) is 0 Å². The van der Waals surface area contributed by atoms with Crippen LogP contribution in [0.1, 0.15) is 0 Å². The summed E-state index contributed by atoms with van der Waals surface area (Å²) in [5.41, 5.74) is 1.61. The van der Waals surface area contributed by atoms with Crippen molar-refractivity contribution in [1.29, 1.82) is 0 Å². The maximum atomic E-state index is 5.65. The van der Waals surface area contributed by atoms with Crippen molar-refractivity contribution in [3.8, 4) is 23.0 Å². The number of hydrogen-bond donors (Lipinski definition) is 1. The van der Waals surface area contributed by atoms with Gasteiger partial charge in [-0.1, -0.05) is 34.6 Å². The highest BCUT2D eigenvalue weighted by Crippen LogP contribution is 2.37. The molecule has 2 aromatic carbocycles. The average molecular weight is 354 g/mol. The summed E-state index contributed by atoms with van der Waals surface area (Å²) in [6.45, 7) is 0. The molecule has 0 aliphatic carbocycles. The SMILES string of the molecule is COc1cc(OC)c2nc(Nc3nnc(-c4ccccc4)o3)sc2c1. The van der Waals surface area contributed by atoms with Gasteiger partial charge in [0.05, 0.1) is 18.9 Å². The van der Waals surface area contributed by atoms with Crippen molar-refractivity contribution in [1.82, 2.24) is 15.2 Å². The van der Waals surface area contributed by atoms with Crippen LogP contribution in [0.3, 0.4) is 0 Å². The molecule has 0 unspecified atom stereocenters. The molecule has 4 rings (SSSR count). The molecule has 7 nitrogen and oxygen atoms in total. The number of hydrogen-bond acceptors (Lipinski definition) is 8. The Bertz CT molecular complexity index is 1010. The molecule has 0 fully saturated rings. The fraction of sp³-hybridized carbons (Fsp3) is 0.118. The Labute approximate surface area is 147 Å². The van der Waals surface area contributed by atoms with Crippen LogP contribution in [-0.2, 0) is 0 Å². The second-order valence-corrected chi connectivity index (χ2v) is 6.13. The van der Waals surface area contributed by atoms with Crippen LogP contribution in [0.5, 0.6) is 11.5 Å². The third-order valence-electron chi connectivity index (χ3n) is 3.55. The van der Waals surface area contributed by atoms with Crippen molar-refractivity contribution in [3.63, 3.8) is 0 Å². The summed E-state index contributed by atoms with van der Waals surface area (Å²) in [6, 6.07) is 13.6. The highest BCUT2D eigenvalue weighted by molar-refractivity contribution is 7.22. The first-order valence-corrected chi connectivity index (χ1v) is 8.27. The molecule has 2 aromatic heterocycles. The normalized spacial score (nSPS) is 10.8. The van der Waals surface area contributed by atoms with Crippen molar-refractivity contribution in [2.45, 2.75) is 0 Å². The summed E-state index contributed by atoms with van der Waals surface area (Å²) < 4.78 is 17.2. The van der Waals surface area contributed by atoms with Crippen molar-refractivity contribution >= 4 is 32.7 Å². The number of nitrogens with one attached hydrogen (secondary N) is 1. The van der Waals surface area contributed by atoms with Crippen LogP contribution in [0, 0.1) is 0 Å². The number of nitrogens with zero attached hydrogens (tertiary/aromatic N) is 3. The maximum Gasteiger partial charge on any atom is 0.322 e. The van der Waals surface area contributed by atoms with E-state index in [4.69, 9.17) is 13.9 Å². The Kier molecular flexibility index (Phi) is 3.95. The van der Waals surface area contributed by atoms with Gasteiger partial charge in [-0.05, 0) is 18.2 Å².